The van der Waals surface area contributed by atoms with Gasteiger partial charge in [-0.05, 0) is 38.7 Å². The van der Waals surface area contributed by atoms with E-state index in [0.29, 0.717) is 25.3 Å². The molecule has 3 rings (SSSR count). The first-order chi connectivity index (χ1) is 11.1. The number of nitrogens with zero attached hydrogens (tertiary/aromatic N) is 2. The lowest BCUT2D eigenvalue weighted by molar-refractivity contribution is -0.143. The van der Waals surface area contributed by atoms with Crippen molar-refractivity contribution in [1.29, 1.82) is 0 Å². The molecule has 3 heterocycles. The highest BCUT2D eigenvalue weighted by molar-refractivity contribution is 5.93. The summed E-state index contributed by atoms with van der Waals surface area (Å²) in [6.45, 7) is 7.53. The van der Waals surface area contributed by atoms with E-state index in [1.165, 1.54) is 0 Å². The van der Waals surface area contributed by atoms with Crippen LogP contribution in [-0.4, -0.2) is 46.8 Å². The van der Waals surface area contributed by atoms with E-state index < -0.39 is 0 Å². The molecule has 1 aromatic rings. The Morgan fingerprint density at radius 1 is 1.43 bits per heavy atom. The third-order valence-corrected chi connectivity index (χ3v) is 5.12. The van der Waals surface area contributed by atoms with Crippen molar-refractivity contribution in [1.82, 2.24) is 9.80 Å². The lowest BCUT2D eigenvalue weighted by Crippen LogP contribution is -2.63. The van der Waals surface area contributed by atoms with Gasteiger partial charge in [0.25, 0.3) is 5.91 Å². The maximum Gasteiger partial charge on any atom is 0.289 e. The fraction of sp³-hybridized carbons (Fsp3) is 0.556. The van der Waals surface area contributed by atoms with Crippen molar-refractivity contribution in [3.8, 4) is 0 Å². The molecule has 2 fully saturated rings. The number of hydrogen-bond donors (Lipinski definition) is 0. The summed E-state index contributed by atoms with van der Waals surface area (Å²) in [5.41, 5.74) is 0.620. The van der Waals surface area contributed by atoms with Crippen LogP contribution in [0.1, 0.15) is 48.2 Å². The zero-order valence-electron chi connectivity index (χ0n) is 13.7. The molecule has 1 aromatic heterocycles. The monoisotopic (exact) mass is 316 g/mol. The van der Waals surface area contributed by atoms with Gasteiger partial charge in [-0.25, -0.2) is 0 Å². The third-order valence-electron chi connectivity index (χ3n) is 5.12. The van der Waals surface area contributed by atoms with Gasteiger partial charge in [0.1, 0.15) is 0 Å². The van der Waals surface area contributed by atoms with Gasteiger partial charge in [0.05, 0.1) is 11.8 Å². The molecule has 5 nitrogen and oxygen atoms in total. The third kappa shape index (κ3) is 2.80. The average Bonchev–Trinajstić information content (AvgIpc) is 2.97. The number of likely N-dealkylation sites (tertiary alicyclic amines) is 2. The summed E-state index contributed by atoms with van der Waals surface area (Å²) in [5.74, 6) is 0.530. The lowest BCUT2D eigenvalue weighted by atomic mass is 9.79. The van der Waals surface area contributed by atoms with Crippen molar-refractivity contribution in [2.24, 2.45) is 0 Å². The van der Waals surface area contributed by atoms with Gasteiger partial charge in [-0.3, -0.25) is 9.59 Å². The van der Waals surface area contributed by atoms with Crippen LogP contribution < -0.4 is 0 Å². The molecule has 5 heteroatoms. The minimum atomic E-state index is -0.238. The smallest absolute Gasteiger partial charge is 0.289 e. The second-order valence-electron chi connectivity index (χ2n) is 6.63. The van der Waals surface area contributed by atoms with Gasteiger partial charge in [-0.1, -0.05) is 6.08 Å². The molecular formula is C18H24N2O3. The standard InChI is InChI=1S/C18H24N2O3/c1-3-10-20-15(21)6-4-8-18(20)9-5-11-19(13-18)17(22)16-14(2)7-12-23-16/h3,7,12H,1,4-6,8-11,13H2,2H3. The Hall–Kier alpha value is -2.04. The molecule has 0 N–H and O–H groups in total. The maximum absolute atomic E-state index is 12.8. The Morgan fingerprint density at radius 3 is 2.91 bits per heavy atom. The van der Waals surface area contributed by atoms with Gasteiger partial charge in [0.15, 0.2) is 5.76 Å². The van der Waals surface area contributed by atoms with Crippen molar-refractivity contribution in [3.63, 3.8) is 0 Å². The summed E-state index contributed by atoms with van der Waals surface area (Å²) in [5, 5.41) is 0. The van der Waals surface area contributed by atoms with Crippen LogP contribution in [0.4, 0.5) is 0 Å². The molecule has 2 aliphatic rings. The van der Waals surface area contributed by atoms with Crippen LogP contribution in [0, 0.1) is 6.92 Å². The Bertz CT molecular complexity index is 618. The molecular weight excluding hydrogens is 292 g/mol. The number of rotatable bonds is 3. The summed E-state index contributed by atoms with van der Waals surface area (Å²) >= 11 is 0. The normalized spacial score (nSPS) is 25.0. The van der Waals surface area contributed by atoms with E-state index in [1.54, 1.807) is 18.4 Å². The molecule has 1 atom stereocenters. The van der Waals surface area contributed by atoms with Crippen LogP contribution in [0.25, 0.3) is 0 Å². The summed E-state index contributed by atoms with van der Waals surface area (Å²) < 4.78 is 5.36. The zero-order valence-corrected chi connectivity index (χ0v) is 13.7. The zero-order chi connectivity index (χ0) is 16.4. The molecule has 1 spiro atoms. The van der Waals surface area contributed by atoms with E-state index in [0.717, 1.165) is 37.8 Å². The van der Waals surface area contributed by atoms with Crippen molar-refractivity contribution < 1.29 is 14.0 Å². The summed E-state index contributed by atoms with van der Waals surface area (Å²) in [6, 6.07) is 1.81. The molecule has 0 radical (unpaired) electrons. The highest BCUT2D eigenvalue weighted by Crippen LogP contribution is 2.37. The van der Waals surface area contributed by atoms with Gasteiger partial charge in [-0.15, -0.1) is 6.58 Å². The van der Waals surface area contributed by atoms with Crippen LogP contribution in [0.15, 0.2) is 29.4 Å². The van der Waals surface area contributed by atoms with Crippen molar-refractivity contribution in [2.45, 2.75) is 44.6 Å². The fourth-order valence-corrected chi connectivity index (χ4v) is 3.97. The molecule has 2 saturated heterocycles. The van der Waals surface area contributed by atoms with Crippen molar-refractivity contribution in [3.05, 3.63) is 36.3 Å². The molecule has 2 aliphatic heterocycles. The summed E-state index contributed by atoms with van der Waals surface area (Å²) in [7, 11) is 0. The first kappa shape index (κ1) is 15.8. The molecule has 1 unspecified atom stereocenters. The van der Waals surface area contributed by atoms with Crippen LogP contribution >= 0.6 is 0 Å². The number of aryl methyl sites for hydroxylation is 1. The average molecular weight is 316 g/mol. The molecule has 0 aromatic carbocycles. The van der Waals surface area contributed by atoms with Crippen LogP contribution in [0.2, 0.25) is 0 Å². The predicted octanol–water partition coefficient (Wildman–Crippen LogP) is 2.76. The van der Waals surface area contributed by atoms with Gasteiger partial charge in [-0.2, -0.15) is 0 Å². The number of hydrogen-bond acceptors (Lipinski definition) is 3. The van der Waals surface area contributed by atoms with Gasteiger partial charge < -0.3 is 14.2 Å². The minimum Gasteiger partial charge on any atom is -0.459 e. The molecule has 0 aliphatic carbocycles. The Morgan fingerprint density at radius 2 is 2.22 bits per heavy atom. The quantitative estimate of drug-likeness (QED) is 0.806. The number of carbonyl (C=O) groups excluding carboxylic acids is 2. The number of carbonyl (C=O) groups is 2. The Kier molecular flexibility index (Phi) is 4.28. The van der Waals surface area contributed by atoms with Crippen LogP contribution in [0.5, 0.6) is 0 Å². The highest BCUT2D eigenvalue weighted by atomic mass is 16.3. The first-order valence-corrected chi connectivity index (χ1v) is 8.32. The molecule has 124 valence electrons. The summed E-state index contributed by atoms with van der Waals surface area (Å²) in [6.07, 6.45) is 7.64. The van der Waals surface area contributed by atoms with Crippen molar-refractivity contribution >= 4 is 11.8 Å². The Balaban J connectivity index is 1.84. The maximum atomic E-state index is 12.8. The topological polar surface area (TPSA) is 53.8 Å². The fourth-order valence-electron chi connectivity index (χ4n) is 3.97. The molecule has 23 heavy (non-hydrogen) atoms. The minimum absolute atomic E-state index is 0.0665. The highest BCUT2D eigenvalue weighted by Gasteiger charge is 2.45. The second-order valence-corrected chi connectivity index (χ2v) is 6.63. The summed E-state index contributed by atoms with van der Waals surface area (Å²) in [4.78, 5) is 28.9. The largest absolute Gasteiger partial charge is 0.459 e. The van der Waals surface area contributed by atoms with E-state index in [4.69, 9.17) is 4.42 Å². The van der Waals surface area contributed by atoms with Crippen LogP contribution in [0.3, 0.4) is 0 Å². The number of piperidine rings is 2. The van der Waals surface area contributed by atoms with E-state index >= 15 is 0 Å². The van der Waals surface area contributed by atoms with E-state index in [9.17, 15) is 9.59 Å². The van der Waals surface area contributed by atoms with E-state index in [2.05, 4.69) is 6.58 Å². The second kappa shape index (κ2) is 6.22. The van der Waals surface area contributed by atoms with Crippen LogP contribution in [-0.2, 0) is 4.79 Å². The molecule has 0 bridgehead atoms. The van der Waals surface area contributed by atoms with Gasteiger partial charge in [0.2, 0.25) is 5.91 Å². The predicted molar refractivity (Wildman–Crippen MR) is 87.1 cm³/mol. The lowest BCUT2D eigenvalue weighted by Gasteiger charge is -2.51. The SMILES string of the molecule is C=CCN1C(=O)CCCC12CCCN(C(=O)c1occc1C)C2. The molecule has 0 saturated carbocycles. The molecule has 2 amide bonds. The number of amides is 2. The van der Waals surface area contributed by atoms with Crippen molar-refractivity contribution in [2.75, 3.05) is 19.6 Å². The van der Waals surface area contributed by atoms with Gasteiger partial charge >= 0.3 is 0 Å². The van der Waals surface area contributed by atoms with E-state index in [1.807, 2.05) is 16.7 Å². The Labute approximate surface area is 136 Å². The van der Waals surface area contributed by atoms with E-state index in [-0.39, 0.29) is 17.4 Å². The number of furan rings is 1. The first-order valence-electron chi connectivity index (χ1n) is 8.32. The van der Waals surface area contributed by atoms with Gasteiger partial charge in [0, 0.05) is 31.6 Å².